The maximum absolute atomic E-state index is 14.6. The van der Waals surface area contributed by atoms with Crippen molar-refractivity contribution in [1.29, 1.82) is 0 Å². The molecule has 4 aliphatic rings. The summed E-state index contributed by atoms with van der Waals surface area (Å²) in [6, 6.07) is 3.49. The molecule has 1 amide bonds. The van der Waals surface area contributed by atoms with Crippen LogP contribution in [0.15, 0.2) is 43.4 Å². The van der Waals surface area contributed by atoms with Crippen LogP contribution >= 0.6 is 0 Å². The Balaban J connectivity index is 1.19. The number of nitrogens with zero attached hydrogens (tertiary/aromatic N) is 7. The van der Waals surface area contributed by atoms with E-state index in [1.165, 1.54) is 13.2 Å². The third-order valence-corrected chi connectivity index (χ3v) is 12.0. The molecular weight excluding hydrogens is 627 g/mol. The molecule has 0 saturated carbocycles. The number of carbonyl (C=O) groups excluding carboxylic acids is 1. The highest BCUT2D eigenvalue weighted by Crippen LogP contribution is 2.41. The van der Waals surface area contributed by atoms with E-state index in [0.29, 0.717) is 50.2 Å². The van der Waals surface area contributed by atoms with E-state index >= 15 is 0 Å². The fourth-order valence-corrected chi connectivity index (χ4v) is 8.93. The van der Waals surface area contributed by atoms with Crippen LogP contribution in [-0.2, 0) is 24.1 Å². The second-order valence-electron chi connectivity index (χ2n) is 12.6. The van der Waals surface area contributed by atoms with Crippen LogP contribution in [0.3, 0.4) is 0 Å². The number of nitrogens with one attached hydrogen (secondary N) is 1. The molecule has 47 heavy (non-hydrogen) atoms. The number of sulfone groups is 1. The minimum absolute atomic E-state index is 0.0406. The number of fused-ring (bicyclic) bond motifs is 1. The molecule has 3 aromatic rings. The molecule has 4 fully saturated rings. The standard InChI is InChI=1S/C32H39FN8O5S/c1-3-30(42)41-9-4-5-25(41)22-14-36-31(40-16-20(17-40)27-19-46-11-12-47(27,43)44)23-15-35-29(13-21(22)23)37-28-6-8-34-32(38-28)39-10-7-26(45-2)24(33)18-39/h3,6,8,13-15,20,24-27H,1,4-5,7,9-12,16-19H2,2H3,(H,34,35,37,38)/t24-,25?,26+,27?/m0/s1. The van der Waals surface area contributed by atoms with Crippen LogP contribution in [0.1, 0.15) is 30.9 Å². The van der Waals surface area contributed by atoms with Crippen LogP contribution in [0, 0.1) is 5.92 Å². The summed E-state index contributed by atoms with van der Waals surface area (Å²) in [6.45, 7) is 6.62. The van der Waals surface area contributed by atoms with Gasteiger partial charge in [0.25, 0.3) is 0 Å². The Bertz CT molecular complexity index is 1770. The largest absolute Gasteiger partial charge is 0.379 e. The number of halogens is 1. The molecule has 2 unspecified atom stereocenters. The lowest BCUT2D eigenvalue weighted by atomic mass is 9.94. The molecule has 4 saturated heterocycles. The first-order valence-electron chi connectivity index (χ1n) is 16.0. The van der Waals surface area contributed by atoms with E-state index in [1.807, 2.05) is 22.1 Å². The summed E-state index contributed by atoms with van der Waals surface area (Å²) in [6.07, 6.45) is 7.18. The van der Waals surface area contributed by atoms with Crippen molar-refractivity contribution in [3.63, 3.8) is 0 Å². The van der Waals surface area contributed by atoms with E-state index in [2.05, 4.69) is 26.8 Å². The van der Waals surface area contributed by atoms with Gasteiger partial charge in [-0.3, -0.25) is 4.79 Å². The zero-order valence-electron chi connectivity index (χ0n) is 26.3. The first-order chi connectivity index (χ1) is 22.8. The fourth-order valence-electron chi connectivity index (χ4n) is 7.21. The van der Waals surface area contributed by atoms with Gasteiger partial charge in [-0.25, -0.2) is 27.8 Å². The number of alkyl halides is 1. The molecule has 0 aromatic carbocycles. The van der Waals surface area contributed by atoms with Crippen molar-refractivity contribution in [2.75, 3.05) is 73.9 Å². The summed E-state index contributed by atoms with van der Waals surface area (Å²) >= 11 is 0. The molecular formula is C32H39FN8O5S. The van der Waals surface area contributed by atoms with Crippen LogP contribution in [0.4, 0.5) is 27.8 Å². The van der Waals surface area contributed by atoms with Crippen LogP contribution in [0.5, 0.6) is 0 Å². The molecule has 15 heteroatoms. The average Bonchev–Trinajstić information content (AvgIpc) is 3.54. The van der Waals surface area contributed by atoms with Crippen molar-refractivity contribution in [2.45, 2.75) is 42.8 Å². The second kappa shape index (κ2) is 12.9. The van der Waals surface area contributed by atoms with Crippen molar-refractivity contribution in [1.82, 2.24) is 24.8 Å². The number of methoxy groups -OCH3 is 1. The number of piperidine rings is 1. The third kappa shape index (κ3) is 6.11. The highest BCUT2D eigenvalue weighted by molar-refractivity contribution is 7.92. The van der Waals surface area contributed by atoms with E-state index in [0.717, 1.165) is 35.0 Å². The predicted octanol–water partition coefficient (Wildman–Crippen LogP) is 2.83. The summed E-state index contributed by atoms with van der Waals surface area (Å²) < 4.78 is 50.8. The van der Waals surface area contributed by atoms with Crippen molar-refractivity contribution in [2.24, 2.45) is 5.92 Å². The minimum Gasteiger partial charge on any atom is -0.379 e. The highest BCUT2D eigenvalue weighted by atomic mass is 32.2. The van der Waals surface area contributed by atoms with Crippen molar-refractivity contribution < 1.29 is 27.1 Å². The molecule has 1 N–H and O–H groups in total. The smallest absolute Gasteiger partial charge is 0.246 e. The lowest BCUT2D eigenvalue weighted by molar-refractivity contribution is -0.126. The van der Waals surface area contributed by atoms with Gasteiger partial charge in [0, 0.05) is 68.7 Å². The number of anilines is 4. The van der Waals surface area contributed by atoms with Gasteiger partial charge < -0.3 is 29.5 Å². The number of aromatic nitrogens is 4. The number of rotatable bonds is 8. The summed E-state index contributed by atoms with van der Waals surface area (Å²) in [5, 5.41) is 4.47. The Morgan fingerprint density at radius 2 is 1.96 bits per heavy atom. The van der Waals surface area contributed by atoms with Gasteiger partial charge in [-0.15, -0.1) is 0 Å². The molecule has 0 spiro atoms. The van der Waals surface area contributed by atoms with E-state index in [4.69, 9.17) is 19.4 Å². The van der Waals surface area contributed by atoms with Crippen LogP contribution in [0.25, 0.3) is 10.8 Å². The maximum atomic E-state index is 14.6. The molecule has 4 atom stereocenters. The van der Waals surface area contributed by atoms with E-state index in [9.17, 15) is 17.6 Å². The van der Waals surface area contributed by atoms with Gasteiger partial charge in [0.1, 0.15) is 23.6 Å². The molecule has 0 radical (unpaired) electrons. The molecule has 13 nitrogen and oxygen atoms in total. The minimum atomic E-state index is -3.19. The van der Waals surface area contributed by atoms with Gasteiger partial charge in [0.05, 0.1) is 42.9 Å². The molecule has 7 heterocycles. The van der Waals surface area contributed by atoms with Crippen molar-refractivity contribution in [3.8, 4) is 0 Å². The second-order valence-corrected chi connectivity index (χ2v) is 14.9. The zero-order valence-corrected chi connectivity index (χ0v) is 27.1. The Morgan fingerprint density at radius 1 is 1.11 bits per heavy atom. The van der Waals surface area contributed by atoms with Gasteiger partial charge in [0.15, 0.2) is 9.84 Å². The molecule has 4 aliphatic heterocycles. The number of ether oxygens (including phenoxy) is 2. The normalized spacial score (nSPS) is 26.3. The van der Waals surface area contributed by atoms with Gasteiger partial charge in [-0.05, 0) is 42.9 Å². The number of amides is 1. The Hall–Kier alpha value is -3.95. The Kier molecular flexibility index (Phi) is 8.70. The molecule has 0 aliphatic carbocycles. The zero-order chi connectivity index (χ0) is 32.7. The van der Waals surface area contributed by atoms with Crippen LogP contribution < -0.4 is 15.1 Å². The lowest BCUT2D eigenvalue weighted by Crippen LogP contribution is -2.57. The predicted molar refractivity (Wildman–Crippen MR) is 175 cm³/mol. The monoisotopic (exact) mass is 666 g/mol. The topological polar surface area (TPSA) is 143 Å². The lowest BCUT2D eigenvalue weighted by Gasteiger charge is -2.45. The number of hydrogen-bond donors (Lipinski definition) is 1. The number of likely N-dealkylation sites (tertiary alicyclic amines) is 1. The SMILES string of the molecule is C=CC(=O)N1CCCC1c1cnc(N2CC(C3COCCS3(=O)=O)C2)c2cnc(Nc3ccnc(N4CC[C@@H](OC)[C@@H](F)C4)n3)cc12. The average molecular weight is 667 g/mol. The Morgan fingerprint density at radius 3 is 2.72 bits per heavy atom. The van der Waals surface area contributed by atoms with Crippen molar-refractivity contribution >= 4 is 49.9 Å². The first-order valence-corrected chi connectivity index (χ1v) is 17.7. The van der Waals surface area contributed by atoms with Crippen LogP contribution in [0.2, 0.25) is 0 Å². The van der Waals surface area contributed by atoms with Gasteiger partial charge >= 0.3 is 0 Å². The number of pyridine rings is 2. The van der Waals surface area contributed by atoms with Crippen molar-refractivity contribution in [3.05, 3.63) is 48.9 Å². The highest BCUT2D eigenvalue weighted by Gasteiger charge is 2.43. The van der Waals surface area contributed by atoms with Gasteiger partial charge in [-0.1, -0.05) is 6.58 Å². The summed E-state index contributed by atoms with van der Waals surface area (Å²) in [5.41, 5.74) is 0.903. The van der Waals surface area contributed by atoms with E-state index in [1.54, 1.807) is 18.5 Å². The molecule has 3 aromatic heterocycles. The summed E-state index contributed by atoms with van der Waals surface area (Å²) in [7, 11) is -1.67. The molecule has 0 bridgehead atoms. The molecule has 7 rings (SSSR count). The summed E-state index contributed by atoms with van der Waals surface area (Å²) in [4.78, 5) is 37.1. The van der Waals surface area contributed by atoms with Gasteiger partial charge in [-0.2, -0.15) is 4.98 Å². The third-order valence-electron chi connectivity index (χ3n) is 9.81. The van der Waals surface area contributed by atoms with Gasteiger partial charge in [0.2, 0.25) is 11.9 Å². The first kappa shape index (κ1) is 31.6. The summed E-state index contributed by atoms with van der Waals surface area (Å²) in [5.74, 6) is 2.07. The van der Waals surface area contributed by atoms with E-state index in [-0.39, 0.29) is 43.4 Å². The molecule has 250 valence electrons. The number of hydrogen-bond acceptors (Lipinski definition) is 12. The fraction of sp³-hybridized carbons (Fsp3) is 0.531. The quantitative estimate of drug-likeness (QED) is 0.353. The van der Waals surface area contributed by atoms with Crippen LogP contribution in [-0.4, -0.2) is 115 Å². The Labute approximate surface area is 273 Å². The maximum Gasteiger partial charge on any atom is 0.246 e. The number of carbonyl (C=O) groups is 1. The van der Waals surface area contributed by atoms with E-state index < -0.39 is 27.4 Å².